The van der Waals surface area contributed by atoms with Gasteiger partial charge in [0.25, 0.3) is 5.91 Å². The molecule has 1 aliphatic heterocycles. The Balaban J connectivity index is 1.85. The van der Waals surface area contributed by atoms with Crippen molar-refractivity contribution in [2.24, 2.45) is 0 Å². The molecule has 3 rings (SSSR count). The molecule has 1 atom stereocenters. The van der Waals surface area contributed by atoms with Gasteiger partial charge in [-0.2, -0.15) is 0 Å². The summed E-state index contributed by atoms with van der Waals surface area (Å²) in [6.45, 7) is 4.20. The van der Waals surface area contributed by atoms with E-state index < -0.39 is 0 Å². The second-order valence-corrected chi connectivity index (χ2v) is 7.72. The smallest absolute Gasteiger partial charge is 0.277 e. The lowest BCUT2D eigenvalue weighted by molar-refractivity contribution is -0.123. The molecule has 150 valence electrons. The number of amides is 1. The zero-order valence-electron chi connectivity index (χ0n) is 17.1. The largest absolute Gasteiger partial charge is 0.328 e. The van der Waals surface area contributed by atoms with Crippen LogP contribution in [0.3, 0.4) is 0 Å². The highest BCUT2D eigenvalue weighted by atomic mass is 32.1. The molecule has 0 aromatic heterocycles. The third-order valence-corrected chi connectivity index (χ3v) is 5.43. The van der Waals surface area contributed by atoms with Crippen molar-refractivity contribution in [1.82, 2.24) is 10.2 Å². The van der Waals surface area contributed by atoms with Crippen LogP contribution < -0.4 is 5.32 Å². The summed E-state index contributed by atoms with van der Waals surface area (Å²) in [5.74, 6) is -0.0687. The second-order valence-electron chi connectivity index (χ2n) is 7.34. The topological polar surface area (TPSA) is 32.3 Å². The molecular formula is C25H28N2OS. The SMILES string of the molecule is CCCCCC(=C/c1ccccc1)/C=C1\NC(=S)N(C(C)c2ccccc2)C1=O. The first-order valence-corrected chi connectivity index (χ1v) is 10.7. The van der Waals surface area contributed by atoms with E-state index in [1.165, 1.54) is 12.8 Å². The Morgan fingerprint density at radius 2 is 1.72 bits per heavy atom. The number of nitrogens with one attached hydrogen (secondary N) is 1. The van der Waals surface area contributed by atoms with E-state index in [2.05, 4.69) is 30.4 Å². The summed E-state index contributed by atoms with van der Waals surface area (Å²) in [7, 11) is 0. The normalized spacial score (nSPS) is 17.0. The maximum atomic E-state index is 13.1. The summed E-state index contributed by atoms with van der Waals surface area (Å²) in [6.07, 6.45) is 8.49. The third-order valence-electron chi connectivity index (χ3n) is 5.13. The molecule has 0 spiro atoms. The lowest BCUT2D eigenvalue weighted by Gasteiger charge is -2.23. The van der Waals surface area contributed by atoms with Crippen molar-refractivity contribution in [3.63, 3.8) is 0 Å². The van der Waals surface area contributed by atoms with Crippen LogP contribution in [-0.2, 0) is 4.79 Å². The quantitative estimate of drug-likeness (QED) is 0.332. The van der Waals surface area contributed by atoms with Crippen molar-refractivity contribution in [1.29, 1.82) is 0 Å². The van der Waals surface area contributed by atoms with E-state index in [-0.39, 0.29) is 11.9 Å². The number of thiocarbonyl (C=S) groups is 1. The van der Waals surface area contributed by atoms with E-state index in [9.17, 15) is 4.79 Å². The minimum Gasteiger partial charge on any atom is -0.328 e. The van der Waals surface area contributed by atoms with E-state index in [0.717, 1.165) is 29.5 Å². The molecule has 2 aromatic carbocycles. The number of rotatable bonds is 8. The number of unbranched alkanes of at least 4 members (excludes halogenated alkanes) is 2. The Morgan fingerprint density at radius 3 is 2.38 bits per heavy atom. The van der Waals surface area contributed by atoms with Crippen molar-refractivity contribution < 1.29 is 4.79 Å². The van der Waals surface area contributed by atoms with Crippen LogP contribution >= 0.6 is 12.2 Å². The van der Waals surface area contributed by atoms with Gasteiger partial charge in [-0.25, -0.2) is 0 Å². The average Bonchev–Trinajstić information content (AvgIpc) is 3.02. The highest BCUT2D eigenvalue weighted by Gasteiger charge is 2.34. The summed E-state index contributed by atoms with van der Waals surface area (Å²) in [5.41, 5.74) is 3.89. The first-order chi connectivity index (χ1) is 14.1. The average molecular weight is 405 g/mol. The summed E-state index contributed by atoms with van der Waals surface area (Å²) >= 11 is 5.49. The van der Waals surface area contributed by atoms with Gasteiger partial charge in [0, 0.05) is 0 Å². The van der Waals surface area contributed by atoms with E-state index in [0.29, 0.717) is 10.8 Å². The van der Waals surface area contributed by atoms with E-state index in [1.807, 2.05) is 61.5 Å². The van der Waals surface area contributed by atoms with Crippen LogP contribution in [0, 0.1) is 0 Å². The molecule has 2 aromatic rings. The van der Waals surface area contributed by atoms with Gasteiger partial charge in [0.1, 0.15) is 5.70 Å². The monoisotopic (exact) mass is 404 g/mol. The van der Waals surface area contributed by atoms with Gasteiger partial charge in [-0.1, -0.05) is 86.5 Å². The molecule has 4 heteroatoms. The molecular weight excluding hydrogens is 376 g/mol. The minimum atomic E-state index is -0.115. The third kappa shape index (κ3) is 5.42. The molecule has 1 aliphatic rings. The number of hydrogen-bond acceptors (Lipinski definition) is 2. The van der Waals surface area contributed by atoms with Crippen LogP contribution in [-0.4, -0.2) is 15.9 Å². The van der Waals surface area contributed by atoms with Crippen LogP contribution in [0.2, 0.25) is 0 Å². The first-order valence-electron chi connectivity index (χ1n) is 10.3. The molecule has 1 N–H and O–H groups in total. The second kappa shape index (κ2) is 10.2. The predicted octanol–water partition coefficient (Wildman–Crippen LogP) is 6.01. The standard InChI is InChI=1S/C25H28N2OS/c1-3-4-7-14-21(17-20-12-8-5-9-13-20)18-23-24(28)27(25(29)26-23)19(2)22-15-10-6-11-16-22/h5-6,8-13,15-19H,3-4,7,14H2,1-2H3,(H,26,29)/b21-17-,23-18-. The van der Waals surface area contributed by atoms with E-state index >= 15 is 0 Å². The maximum Gasteiger partial charge on any atom is 0.277 e. The summed E-state index contributed by atoms with van der Waals surface area (Å²) in [6, 6.07) is 20.1. The fourth-order valence-electron chi connectivity index (χ4n) is 3.49. The lowest BCUT2D eigenvalue weighted by Crippen LogP contribution is -2.33. The molecule has 1 unspecified atom stereocenters. The summed E-state index contributed by atoms with van der Waals surface area (Å²) < 4.78 is 0. The van der Waals surface area contributed by atoms with Crippen LogP contribution in [0.5, 0.6) is 0 Å². The highest BCUT2D eigenvalue weighted by molar-refractivity contribution is 7.80. The molecule has 0 saturated carbocycles. The van der Waals surface area contributed by atoms with Crippen LogP contribution in [0.15, 0.2) is 78.0 Å². The number of allylic oxidation sites excluding steroid dienone is 2. The number of nitrogens with zero attached hydrogens (tertiary/aromatic N) is 1. The minimum absolute atomic E-state index is 0.0687. The molecule has 1 fully saturated rings. The van der Waals surface area contributed by atoms with Gasteiger partial charge in [0.15, 0.2) is 5.11 Å². The van der Waals surface area contributed by atoms with Crippen molar-refractivity contribution >= 4 is 29.3 Å². The molecule has 1 saturated heterocycles. The molecule has 0 bridgehead atoms. The summed E-state index contributed by atoms with van der Waals surface area (Å²) in [4.78, 5) is 14.8. The van der Waals surface area contributed by atoms with Gasteiger partial charge in [-0.15, -0.1) is 0 Å². The zero-order chi connectivity index (χ0) is 20.6. The molecule has 29 heavy (non-hydrogen) atoms. The number of hydrogen-bond donors (Lipinski definition) is 1. The Kier molecular flexibility index (Phi) is 7.36. The van der Waals surface area contributed by atoms with Gasteiger partial charge in [-0.3, -0.25) is 9.69 Å². The van der Waals surface area contributed by atoms with Crippen molar-refractivity contribution in [2.75, 3.05) is 0 Å². The Labute approximate surface area is 179 Å². The van der Waals surface area contributed by atoms with Gasteiger partial charge in [0.05, 0.1) is 6.04 Å². The molecule has 1 amide bonds. The van der Waals surface area contributed by atoms with Crippen LogP contribution in [0.25, 0.3) is 6.08 Å². The molecule has 1 heterocycles. The van der Waals surface area contributed by atoms with Crippen molar-refractivity contribution in [3.05, 3.63) is 89.1 Å². The number of carbonyl (C=O) groups is 1. The summed E-state index contributed by atoms with van der Waals surface area (Å²) in [5, 5.41) is 3.60. The Bertz CT molecular complexity index is 903. The Hall–Kier alpha value is -2.72. The van der Waals surface area contributed by atoms with E-state index in [1.54, 1.807) is 4.90 Å². The predicted molar refractivity (Wildman–Crippen MR) is 124 cm³/mol. The number of carbonyl (C=O) groups excluding carboxylic acids is 1. The van der Waals surface area contributed by atoms with Gasteiger partial charge in [-0.05, 0) is 54.8 Å². The van der Waals surface area contributed by atoms with Crippen molar-refractivity contribution in [2.45, 2.75) is 45.6 Å². The lowest BCUT2D eigenvalue weighted by atomic mass is 10.0. The van der Waals surface area contributed by atoms with Crippen molar-refractivity contribution in [3.8, 4) is 0 Å². The van der Waals surface area contributed by atoms with E-state index in [4.69, 9.17) is 12.2 Å². The molecule has 0 radical (unpaired) electrons. The van der Waals surface area contributed by atoms with Crippen LogP contribution in [0.1, 0.15) is 56.7 Å². The number of benzene rings is 2. The fraction of sp³-hybridized carbons (Fsp3) is 0.280. The van der Waals surface area contributed by atoms with Crippen LogP contribution in [0.4, 0.5) is 0 Å². The highest BCUT2D eigenvalue weighted by Crippen LogP contribution is 2.26. The molecule has 3 nitrogen and oxygen atoms in total. The van der Waals surface area contributed by atoms with Gasteiger partial charge >= 0.3 is 0 Å². The first kappa shape index (κ1) is 21.0. The molecule has 0 aliphatic carbocycles. The zero-order valence-corrected chi connectivity index (χ0v) is 17.9. The maximum absolute atomic E-state index is 13.1. The van der Waals surface area contributed by atoms with Gasteiger partial charge in [0.2, 0.25) is 0 Å². The Morgan fingerprint density at radius 1 is 1.07 bits per heavy atom. The fourth-order valence-corrected chi connectivity index (χ4v) is 3.85. The van der Waals surface area contributed by atoms with Gasteiger partial charge < -0.3 is 5.32 Å².